The van der Waals surface area contributed by atoms with Gasteiger partial charge in [-0.1, -0.05) is 6.92 Å². The van der Waals surface area contributed by atoms with Gasteiger partial charge in [0, 0.05) is 19.7 Å². The Morgan fingerprint density at radius 2 is 2.20 bits per heavy atom. The van der Waals surface area contributed by atoms with E-state index >= 15 is 0 Å². The largest absolute Gasteiger partial charge is 0.384 e. The highest BCUT2D eigenvalue weighted by Gasteiger charge is 2.33. The Morgan fingerprint density at radius 1 is 1.53 bits per heavy atom. The molecule has 1 aromatic heterocycles. The van der Waals surface area contributed by atoms with Gasteiger partial charge in [0.15, 0.2) is 0 Å². The Bertz CT molecular complexity index is 343. The van der Waals surface area contributed by atoms with Gasteiger partial charge in [-0.3, -0.25) is 0 Å². The summed E-state index contributed by atoms with van der Waals surface area (Å²) < 4.78 is 0. The number of hydrogen-bond donors (Lipinski definition) is 1. The maximum atomic E-state index is 5.69. The van der Waals surface area contributed by atoms with Crippen molar-refractivity contribution in [2.24, 2.45) is 11.8 Å². The van der Waals surface area contributed by atoms with E-state index in [9.17, 15) is 0 Å². The number of nitrogens with zero attached hydrogens (tertiary/aromatic N) is 3. The molecule has 0 aromatic carbocycles. The minimum atomic E-state index is 0.549. The molecule has 1 saturated carbocycles. The molecule has 0 aliphatic heterocycles. The Morgan fingerprint density at radius 3 is 2.73 bits per heavy atom. The second kappa shape index (κ2) is 3.68. The van der Waals surface area contributed by atoms with Crippen molar-refractivity contribution in [1.82, 2.24) is 9.97 Å². The van der Waals surface area contributed by atoms with E-state index in [1.54, 1.807) is 0 Å². The van der Waals surface area contributed by atoms with Crippen molar-refractivity contribution >= 4 is 11.6 Å². The number of nitrogen functional groups attached to an aromatic ring is 1. The van der Waals surface area contributed by atoms with E-state index in [1.807, 2.05) is 13.0 Å². The number of anilines is 2. The highest BCUT2D eigenvalue weighted by atomic mass is 15.2. The normalized spacial score (nSPS) is 23.9. The maximum Gasteiger partial charge on any atom is 0.134 e. The number of aromatic nitrogens is 2. The van der Waals surface area contributed by atoms with Crippen LogP contribution < -0.4 is 10.6 Å². The number of hydrogen-bond acceptors (Lipinski definition) is 4. The summed E-state index contributed by atoms with van der Waals surface area (Å²) in [4.78, 5) is 10.6. The van der Waals surface area contributed by atoms with Gasteiger partial charge >= 0.3 is 0 Å². The summed E-state index contributed by atoms with van der Waals surface area (Å²) in [5.74, 6) is 3.91. The maximum absolute atomic E-state index is 5.69. The molecule has 4 nitrogen and oxygen atoms in total. The summed E-state index contributed by atoms with van der Waals surface area (Å²) >= 11 is 0. The third-order valence-electron chi connectivity index (χ3n) is 3.02. The van der Waals surface area contributed by atoms with Crippen LogP contribution in [0.15, 0.2) is 6.07 Å². The predicted octanol–water partition coefficient (Wildman–Crippen LogP) is 1.46. The first kappa shape index (κ1) is 10.2. The Kier molecular flexibility index (Phi) is 2.50. The van der Waals surface area contributed by atoms with Crippen LogP contribution in [0.1, 0.15) is 19.2 Å². The van der Waals surface area contributed by atoms with Crippen LogP contribution in [-0.4, -0.2) is 23.6 Å². The molecule has 0 spiro atoms. The lowest BCUT2D eigenvalue weighted by molar-refractivity contribution is 0.717. The molecule has 1 heterocycles. The van der Waals surface area contributed by atoms with Gasteiger partial charge in [-0.2, -0.15) is 0 Å². The molecular formula is C11H18N4. The molecule has 2 unspecified atom stereocenters. The van der Waals surface area contributed by atoms with Crippen LogP contribution in [0.4, 0.5) is 11.6 Å². The summed E-state index contributed by atoms with van der Waals surface area (Å²) in [6, 6.07) is 1.83. The van der Waals surface area contributed by atoms with Crippen LogP contribution in [-0.2, 0) is 0 Å². The molecule has 0 saturated heterocycles. The molecule has 1 fully saturated rings. The zero-order chi connectivity index (χ0) is 11.0. The van der Waals surface area contributed by atoms with Crippen molar-refractivity contribution < 1.29 is 0 Å². The van der Waals surface area contributed by atoms with Gasteiger partial charge < -0.3 is 10.6 Å². The van der Waals surface area contributed by atoms with Crippen molar-refractivity contribution in [2.45, 2.75) is 20.3 Å². The van der Waals surface area contributed by atoms with Gasteiger partial charge in [-0.15, -0.1) is 0 Å². The molecule has 2 rings (SSSR count). The molecule has 1 aliphatic carbocycles. The second-order valence-electron chi connectivity index (χ2n) is 4.55. The zero-order valence-corrected chi connectivity index (χ0v) is 9.57. The molecule has 1 aliphatic rings. The molecule has 2 N–H and O–H groups in total. The minimum absolute atomic E-state index is 0.549. The fourth-order valence-corrected chi connectivity index (χ4v) is 1.87. The zero-order valence-electron chi connectivity index (χ0n) is 9.57. The van der Waals surface area contributed by atoms with E-state index in [0.29, 0.717) is 5.82 Å². The predicted molar refractivity (Wildman–Crippen MR) is 61.7 cm³/mol. The van der Waals surface area contributed by atoms with E-state index in [0.717, 1.165) is 30.0 Å². The average molecular weight is 206 g/mol. The molecule has 0 bridgehead atoms. The van der Waals surface area contributed by atoms with Crippen LogP contribution in [0.2, 0.25) is 0 Å². The van der Waals surface area contributed by atoms with Gasteiger partial charge in [0.05, 0.1) is 0 Å². The molecule has 4 heteroatoms. The summed E-state index contributed by atoms with van der Waals surface area (Å²) in [5, 5.41) is 0. The lowest BCUT2D eigenvalue weighted by atomic mass is 10.3. The first-order valence-corrected chi connectivity index (χ1v) is 5.38. The molecule has 1 aromatic rings. The van der Waals surface area contributed by atoms with Gasteiger partial charge in [0.1, 0.15) is 17.5 Å². The van der Waals surface area contributed by atoms with Crippen molar-refractivity contribution in [3.8, 4) is 0 Å². The number of aryl methyl sites for hydroxylation is 1. The van der Waals surface area contributed by atoms with Gasteiger partial charge in [0.25, 0.3) is 0 Å². The fraction of sp³-hybridized carbons (Fsp3) is 0.636. The SMILES string of the molecule is Cc1nc(N)cc(N(C)CC2CC2C)n1. The van der Waals surface area contributed by atoms with Crippen LogP contribution in [0.5, 0.6) is 0 Å². The van der Waals surface area contributed by atoms with Crippen LogP contribution >= 0.6 is 0 Å². The van der Waals surface area contributed by atoms with Gasteiger partial charge in [-0.05, 0) is 25.2 Å². The van der Waals surface area contributed by atoms with E-state index in [1.165, 1.54) is 6.42 Å². The second-order valence-corrected chi connectivity index (χ2v) is 4.55. The fourth-order valence-electron chi connectivity index (χ4n) is 1.87. The van der Waals surface area contributed by atoms with E-state index < -0.39 is 0 Å². The lowest BCUT2D eigenvalue weighted by Crippen LogP contribution is -2.22. The third-order valence-corrected chi connectivity index (χ3v) is 3.02. The highest BCUT2D eigenvalue weighted by Crippen LogP contribution is 2.38. The number of rotatable bonds is 3. The van der Waals surface area contributed by atoms with Gasteiger partial charge in [-0.25, -0.2) is 9.97 Å². The Labute approximate surface area is 90.5 Å². The minimum Gasteiger partial charge on any atom is -0.384 e. The molecule has 82 valence electrons. The van der Waals surface area contributed by atoms with E-state index in [2.05, 4.69) is 28.8 Å². The van der Waals surface area contributed by atoms with Crippen LogP contribution in [0.25, 0.3) is 0 Å². The summed E-state index contributed by atoms with van der Waals surface area (Å²) in [6.07, 6.45) is 1.34. The van der Waals surface area contributed by atoms with Gasteiger partial charge in [0.2, 0.25) is 0 Å². The highest BCUT2D eigenvalue weighted by molar-refractivity contribution is 5.46. The monoisotopic (exact) mass is 206 g/mol. The molecule has 0 radical (unpaired) electrons. The summed E-state index contributed by atoms with van der Waals surface area (Å²) in [5.41, 5.74) is 5.69. The van der Waals surface area contributed by atoms with Crippen molar-refractivity contribution in [1.29, 1.82) is 0 Å². The first-order chi connectivity index (χ1) is 7.06. The quantitative estimate of drug-likeness (QED) is 0.813. The van der Waals surface area contributed by atoms with E-state index in [4.69, 9.17) is 5.73 Å². The summed E-state index contributed by atoms with van der Waals surface area (Å²) in [6.45, 7) is 5.22. The van der Waals surface area contributed by atoms with Crippen molar-refractivity contribution in [3.63, 3.8) is 0 Å². The van der Waals surface area contributed by atoms with Crippen LogP contribution in [0, 0.1) is 18.8 Å². The van der Waals surface area contributed by atoms with Crippen LogP contribution in [0.3, 0.4) is 0 Å². The first-order valence-electron chi connectivity index (χ1n) is 5.38. The Balaban J connectivity index is 2.07. The molecule has 15 heavy (non-hydrogen) atoms. The Hall–Kier alpha value is -1.32. The average Bonchev–Trinajstić information content (AvgIpc) is 2.79. The third kappa shape index (κ3) is 2.37. The van der Waals surface area contributed by atoms with Crippen molar-refractivity contribution in [3.05, 3.63) is 11.9 Å². The molecule has 2 atom stereocenters. The number of nitrogens with two attached hydrogens (primary N) is 1. The molecule has 0 amide bonds. The smallest absolute Gasteiger partial charge is 0.134 e. The van der Waals surface area contributed by atoms with E-state index in [-0.39, 0.29) is 0 Å². The standard InChI is InChI=1S/C11H18N4/c1-7-4-9(7)6-15(3)11-5-10(12)13-8(2)14-11/h5,7,9H,4,6H2,1-3H3,(H2,12,13,14). The molecular weight excluding hydrogens is 188 g/mol. The summed E-state index contributed by atoms with van der Waals surface area (Å²) in [7, 11) is 2.06. The lowest BCUT2D eigenvalue weighted by Gasteiger charge is -2.18. The van der Waals surface area contributed by atoms with Crippen molar-refractivity contribution in [2.75, 3.05) is 24.2 Å². The topological polar surface area (TPSA) is 55.0 Å².